The van der Waals surface area contributed by atoms with Gasteiger partial charge in [-0.2, -0.15) is 5.53 Å². The van der Waals surface area contributed by atoms with Crippen molar-refractivity contribution in [3.05, 3.63) is 0 Å². The second kappa shape index (κ2) is 9.51. The molecule has 1 saturated heterocycles. The van der Waals surface area contributed by atoms with Gasteiger partial charge >= 0.3 is 0 Å². The fraction of sp³-hybridized carbons (Fsp3) is 1.00. The van der Waals surface area contributed by atoms with Gasteiger partial charge in [0.1, 0.15) is 0 Å². The fourth-order valence-corrected chi connectivity index (χ4v) is 4.99. The topological polar surface area (TPSA) is 21.8 Å². The molecule has 4 nitrogen and oxygen atoms in total. The van der Waals surface area contributed by atoms with E-state index in [1.54, 1.807) is 0 Å². The number of nitrogens with zero attached hydrogens (tertiary/aromatic N) is 3. The third-order valence-corrected chi connectivity index (χ3v) is 6.42. The zero-order valence-electron chi connectivity index (χ0n) is 16.2. The quantitative estimate of drug-likeness (QED) is 0.799. The van der Waals surface area contributed by atoms with Crippen LogP contribution in [0.5, 0.6) is 0 Å². The lowest BCUT2D eigenvalue weighted by atomic mass is 9.91. The molecule has 24 heavy (non-hydrogen) atoms. The molecule has 1 heterocycles. The van der Waals surface area contributed by atoms with Crippen molar-refractivity contribution < 1.29 is 0 Å². The van der Waals surface area contributed by atoms with E-state index in [-0.39, 0.29) is 0 Å². The van der Waals surface area contributed by atoms with Crippen LogP contribution in [0.15, 0.2) is 0 Å². The van der Waals surface area contributed by atoms with Crippen LogP contribution in [0.25, 0.3) is 0 Å². The van der Waals surface area contributed by atoms with E-state index in [0.29, 0.717) is 0 Å². The van der Waals surface area contributed by atoms with Crippen LogP contribution in [0.4, 0.5) is 0 Å². The predicted molar refractivity (Wildman–Crippen MR) is 102 cm³/mol. The molecule has 140 valence electrons. The summed E-state index contributed by atoms with van der Waals surface area (Å²) < 4.78 is 0. The summed E-state index contributed by atoms with van der Waals surface area (Å²) >= 11 is 0. The average molecular weight is 337 g/mol. The van der Waals surface area contributed by atoms with Crippen molar-refractivity contribution in [2.75, 3.05) is 33.7 Å². The average Bonchev–Trinajstić information content (AvgIpc) is 2.63. The number of hydrazine groups is 2. The molecular formula is C20H40N4. The van der Waals surface area contributed by atoms with Crippen molar-refractivity contribution in [1.29, 1.82) is 0 Å². The number of hydrogen-bond donors (Lipinski definition) is 1. The van der Waals surface area contributed by atoms with Gasteiger partial charge in [0.2, 0.25) is 0 Å². The van der Waals surface area contributed by atoms with Crippen LogP contribution in [0.3, 0.4) is 0 Å². The van der Waals surface area contributed by atoms with Crippen molar-refractivity contribution >= 4 is 0 Å². The number of nitrogens with one attached hydrogen (secondary N) is 1. The molecule has 4 heteroatoms. The van der Waals surface area contributed by atoms with Gasteiger partial charge in [-0.05, 0) is 65.1 Å². The Balaban J connectivity index is 1.58. The summed E-state index contributed by atoms with van der Waals surface area (Å²) in [5, 5.41) is 5.30. The van der Waals surface area contributed by atoms with Crippen LogP contribution in [-0.4, -0.2) is 60.7 Å². The van der Waals surface area contributed by atoms with E-state index in [9.17, 15) is 0 Å². The first-order valence-corrected chi connectivity index (χ1v) is 10.7. The Morgan fingerprint density at radius 1 is 0.792 bits per heavy atom. The molecule has 3 fully saturated rings. The van der Waals surface area contributed by atoms with Gasteiger partial charge in [0.15, 0.2) is 0 Å². The molecule has 0 radical (unpaired) electrons. The summed E-state index contributed by atoms with van der Waals surface area (Å²) in [5.41, 5.74) is 3.88. The number of rotatable bonds is 6. The van der Waals surface area contributed by atoms with Gasteiger partial charge in [-0.1, -0.05) is 38.5 Å². The third-order valence-electron chi connectivity index (χ3n) is 6.42. The SMILES string of the molecule is CN(C)CCCC1CN(C2CCCCC2)NN(C2CCCCC2)C1. The molecule has 2 saturated carbocycles. The molecule has 2 aliphatic carbocycles. The molecule has 0 spiro atoms. The molecule has 0 aromatic carbocycles. The lowest BCUT2D eigenvalue weighted by molar-refractivity contribution is -0.103. The molecule has 3 aliphatic rings. The highest BCUT2D eigenvalue weighted by atomic mass is 15.8. The third kappa shape index (κ3) is 5.42. The highest BCUT2D eigenvalue weighted by Crippen LogP contribution is 2.29. The van der Waals surface area contributed by atoms with E-state index in [4.69, 9.17) is 0 Å². The number of hydrogen-bond acceptors (Lipinski definition) is 4. The van der Waals surface area contributed by atoms with Crippen molar-refractivity contribution in [3.63, 3.8) is 0 Å². The molecule has 0 aromatic heterocycles. The van der Waals surface area contributed by atoms with Gasteiger partial charge in [0, 0.05) is 25.2 Å². The van der Waals surface area contributed by atoms with Crippen LogP contribution < -0.4 is 5.53 Å². The zero-order chi connectivity index (χ0) is 16.8. The summed E-state index contributed by atoms with van der Waals surface area (Å²) in [6, 6.07) is 1.56. The van der Waals surface area contributed by atoms with Crippen LogP contribution in [0, 0.1) is 5.92 Å². The molecule has 0 amide bonds. The summed E-state index contributed by atoms with van der Waals surface area (Å²) in [6.45, 7) is 3.76. The Hall–Kier alpha value is -0.160. The van der Waals surface area contributed by atoms with Gasteiger partial charge in [-0.15, -0.1) is 0 Å². The Morgan fingerprint density at radius 3 is 1.75 bits per heavy atom. The van der Waals surface area contributed by atoms with E-state index in [0.717, 1.165) is 18.0 Å². The minimum absolute atomic E-state index is 0.779. The largest absolute Gasteiger partial charge is 0.309 e. The summed E-state index contributed by atoms with van der Waals surface area (Å²) in [6.07, 6.45) is 16.9. The summed E-state index contributed by atoms with van der Waals surface area (Å²) in [5.74, 6) is 0.843. The smallest absolute Gasteiger partial charge is 0.0257 e. The van der Waals surface area contributed by atoms with E-state index in [2.05, 4.69) is 34.5 Å². The van der Waals surface area contributed by atoms with Crippen molar-refractivity contribution in [2.24, 2.45) is 5.92 Å². The molecule has 0 bridgehead atoms. The first kappa shape index (κ1) is 18.6. The first-order valence-electron chi connectivity index (χ1n) is 10.7. The minimum atomic E-state index is 0.779. The van der Waals surface area contributed by atoms with Crippen LogP contribution in [0.2, 0.25) is 0 Å². The van der Waals surface area contributed by atoms with Crippen LogP contribution >= 0.6 is 0 Å². The van der Waals surface area contributed by atoms with Gasteiger partial charge in [0.05, 0.1) is 0 Å². The maximum Gasteiger partial charge on any atom is 0.0257 e. The van der Waals surface area contributed by atoms with Crippen LogP contribution in [0.1, 0.15) is 77.0 Å². The highest BCUT2D eigenvalue weighted by Gasteiger charge is 2.33. The monoisotopic (exact) mass is 336 g/mol. The van der Waals surface area contributed by atoms with E-state index >= 15 is 0 Å². The molecular weight excluding hydrogens is 296 g/mol. The first-order chi connectivity index (χ1) is 11.7. The minimum Gasteiger partial charge on any atom is -0.309 e. The molecule has 1 N–H and O–H groups in total. The predicted octanol–water partition coefficient (Wildman–Crippen LogP) is 3.65. The molecule has 1 aliphatic heterocycles. The molecule has 0 aromatic rings. The molecule has 0 atom stereocenters. The second-order valence-electron chi connectivity index (χ2n) is 8.80. The fourth-order valence-electron chi connectivity index (χ4n) is 4.99. The van der Waals surface area contributed by atoms with Crippen molar-refractivity contribution in [3.8, 4) is 0 Å². The summed E-state index contributed by atoms with van der Waals surface area (Å²) in [4.78, 5) is 2.33. The Kier molecular flexibility index (Phi) is 7.38. The lowest BCUT2D eigenvalue weighted by Gasteiger charge is -2.48. The van der Waals surface area contributed by atoms with Gasteiger partial charge in [-0.3, -0.25) is 0 Å². The zero-order valence-corrected chi connectivity index (χ0v) is 16.2. The van der Waals surface area contributed by atoms with Gasteiger partial charge < -0.3 is 4.90 Å². The Bertz CT molecular complexity index is 322. The maximum atomic E-state index is 3.88. The summed E-state index contributed by atoms with van der Waals surface area (Å²) in [7, 11) is 4.40. The maximum absolute atomic E-state index is 3.88. The van der Waals surface area contributed by atoms with Crippen molar-refractivity contribution in [2.45, 2.75) is 89.1 Å². The van der Waals surface area contributed by atoms with E-state index in [1.807, 2.05) is 0 Å². The van der Waals surface area contributed by atoms with Gasteiger partial charge in [0.25, 0.3) is 0 Å². The van der Waals surface area contributed by atoms with Crippen LogP contribution in [-0.2, 0) is 0 Å². The molecule has 3 rings (SSSR count). The second-order valence-corrected chi connectivity index (χ2v) is 8.80. The normalized spacial score (nSPS) is 27.1. The van der Waals surface area contributed by atoms with Gasteiger partial charge in [-0.25, -0.2) is 10.0 Å². The Morgan fingerprint density at radius 2 is 1.29 bits per heavy atom. The lowest BCUT2D eigenvalue weighted by Crippen LogP contribution is -2.64. The Labute approximate surface area is 149 Å². The van der Waals surface area contributed by atoms with E-state index in [1.165, 1.54) is 96.7 Å². The molecule has 0 unspecified atom stereocenters. The standard InChI is InChI=1S/C20H40N4/c1-22(2)15-9-10-18-16-23(19-11-5-3-6-12-19)21-24(17-18)20-13-7-4-8-14-20/h18-21H,3-17H2,1-2H3. The van der Waals surface area contributed by atoms with Crippen molar-refractivity contribution in [1.82, 2.24) is 20.5 Å². The highest BCUT2D eigenvalue weighted by molar-refractivity contribution is 4.83. The van der Waals surface area contributed by atoms with E-state index < -0.39 is 0 Å².